The van der Waals surface area contributed by atoms with E-state index < -0.39 is 0 Å². The van der Waals surface area contributed by atoms with Crippen LogP contribution in [0.5, 0.6) is 0 Å². The Labute approximate surface area is 126 Å². The van der Waals surface area contributed by atoms with Gasteiger partial charge in [-0.05, 0) is 12.8 Å². The SMILES string of the molecule is CCC(=O)COCCNC(=O)C1CCCN(C(=O)CC)C1. The molecule has 0 aromatic rings. The summed E-state index contributed by atoms with van der Waals surface area (Å²) in [5.74, 6) is -0.00298. The summed E-state index contributed by atoms with van der Waals surface area (Å²) in [6.45, 7) is 5.72. The van der Waals surface area contributed by atoms with Gasteiger partial charge in [-0.15, -0.1) is 0 Å². The van der Waals surface area contributed by atoms with Crippen LogP contribution in [-0.4, -0.2) is 55.3 Å². The third-order valence-corrected chi connectivity index (χ3v) is 3.65. The Kier molecular flexibility index (Phi) is 7.97. The number of carbonyl (C=O) groups is 3. The predicted molar refractivity (Wildman–Crippen MR) is 78.7 cm³/mol. The Bertz CT molecular complexity index is 371. The first-order valence-electron chi connectivity index (χ1n) is 7.73. The van der Waals surface area contributed by atoms with Gasteiger partial charge in [-0.3, -0.25) is 14.4 Å². The molecule has 0 saturated carbocycles. The number of hydrogen-bond acceptors (Lipinski definition) is 4. The molecule has 1 heterocycles. The molecule has 6 heteroatoms. The highest BCUT2D eigenvalue weighted by Gasteiger charge is 2.27. The van der Waals surface area contributed by atoms with Crippen molar-refractivity contribution in [1.29, 1.82) is 0 Å². The molecular weight excluding hydrogens is 272 g/mol. The normalized spacial score (nSPS) is 18.4. The largest absolute Gasteiger partial charge is 0.372 e. The summed E-state index contributed by atoms with van der Waals surface area (Å²) in [7, 11) is 0. The first-order chi connectivity index (χ1) is 10.1. The molecule has 1 aliphatic rings. The van der Waals surface area contributed by atoms with E-state index in [0.29, 0.717) is 32.5 Å². The van der Waals surface area contributed by atoms with Gasteiger partial charge in [0.25, 0.3) is 0 Å². The standard InChI is InChI=1S/C15H26N2O4/c1-3-13(18)11-21-9-7-16-15(20)12-6-5-8-17(10-12)14(19)4-2/h12H,3-11H2,1-2H3,(H,16,20). The fourth-order valence-corrected chi connectivity index (χ4v) is 2.32. The number of hydrogen-bond donors (Lipinski definition) is 1. The van der Waals surface area contributed by atoms with Crippen LogP contribution in [0, 0.1) is 5.92 Å². The maximum Gasteiger partial charge on any atom is 0.224 e. The molecule has 0 bridgehead atoms. The highest BCUT2D eigenvalue weighted by Crippen LogP contribution is 2.17. The molecule has 0 aromatic heterocycles. The lowest BCUT2D eigenvalue weighted by atomic mass is 9.97. The van der Waals surface area contributed by atoms with Gasteiger partial charge in [-0.2, -0.15) is 0 Å². The van der Waals surface area contributed by atoms with Gasteiger partial charge in [0.2, 0.25) is 11.8 Å². The molecule has 0 aromatic carbocycles. The van der Waals surface area contributed by atoms with E-state index in [4.69, 9.17) is 4.74 Å². The second kappa shape index (κ2) is 9.50. The van der Waals surface area contributed by atoms with E-state index in [1.54, 1.807) is 11.8 Å². The molecular formula is C15H26N2O4. The predicted octanol–water partition coefficient (Wildman–Crippen LogP) is 0.747. The maximum absolute atomic E-state index is 12.0. The molecule has 1 saturated heterocycles. The lowest BCUT2D eigenvalue weighted by Gasteiger charge is -2.31. The molecule has 1 fully saturated rings. The van der Waals surface area contributed by atoms with Crippen molar-refractivity contribution in [3.63, 3.8) is 0 Å². The highest BCUT2D eigenvalue weighted by molar-refractivity contribution is 5.81. The second-order valence-corrected chi connectivity index (χ2v) is 5.27. The van der Waals surface area contributed by atoms with Gasteiger partial charge in [0.05, 0.1) is 12.5 Å². The summed E-state index contributed by atoms with van der Waals surface area (Å²) >= 11 is 0. The fraction of sp³-hybridized carbons (Fsp3) is 0.800. The molecule has 120 valence electrons. The molecule has 0 radical (unpaired) electrons. The summed E-state index contributed by atoms with van der Waals surface area (Å²) in [5.41, 5.74) is 0. The summed E-state index contributed by atoms with van der Waals surface area (Å²) in [6.07, 6.45) is 2.63. The average Bonchev–Trinajstić information content (AvgIpc) is 2.53. The van der Waals surface area contributed by atoms with Gasteiger partial charge in [-0.1, -0.05) is 13.8 Å². The molecule has 1 rings (SSSR count). The zero-order valence-corrected chi connectivity index (χ0v) is 13.0. The first kappa shape index (κ1) is 17.6. The van der Waals surface area contributed by atoms with Crippen LogP contribution in [0.25, 0.3) is 0 Å². The van der Waals surface area contributed by atoms with E-state index in [0.717, 1.165) is 19.4 Å². The Balaban J connectivity index is 2.22. The third kappa shape index (κ3) is 6.25. The van der Waals surface area contributed by atoms with E-state index >= 15 is 0 Å². The van der Waals surface area contributed by atoms with E-state index in [1.807, 2.05) is 6.92 Å². The van der Waals surface area contributed by atoms with Gasteiger partial charge in [0.1, 0.15) is 6.61 Å². The van der Waals surface area contributed by atoms with Crippen molar-refractivity contribution >= 4 is 17.6 Å². The Hall–Kier alpha value is -1.43. The number of ether oxygens (including phenoxy) is 1. The number of amides is 2. The van der Waals surface area contributed by atoms with Gasteiger partial charge < -0.3 is 15.0 Å². The van der Waals surface area contributed by atoms with E-state index in [2.05, 4.69) is 5.32 Å². The molecule has 1 atom stereocenters. The zero-order chi connectivity index (χ0) is 15.7. The van der Waals surface area contributed by atoms with Crippen LogP contribution in [0.4, 0.5) is 0 Å². The Morgan fingerprint density at radius 1 is 1.24 bits per heavy atom. The lowest BCUT2D eigenvalue weighted by molar-refractivity contribution is -0.135. The first-order valence-corrected chi connectivity index (χ1v) is 7.73. The summed E-state index contributed by atoms with van der Waals surface area (Å²) < 4.78 is 5.17. The molecule has 6 nitrogen and oxygen atoms in total. The maximum atomic E-state index is 12.0. The average molecular weight is 298 g/mol. The number of piperidine rings is 1. The van der Waals surface area contributed by atoms with E-state index in [-0.39, 0.29) is 30.1 Å². The van der Waals surface area contributed by atoms with Crippen LogP contribution < -0.4 is 5.32 Å². The monoisotopic (exact) mass is 298 g/mol. The zero-order valence-electron chi connectivity index (χ0n) is 13.0. The van der Waals surface area contributed by atoms with Crippen molar-refractivity contribution in [2.24, 2.45) is 5.92 Å². The number of carbonyl (C=O) groups excluding carboxylic acids is 3. The minimum absolute atomic E-state index is 0.0333. The van der Waals surface area contributed by atoms with E-state index in [9.17, 15) is 14.4 Å². The molecule has 0 spiro atoms. The quantitative estimate of drug-likeness (QED) is 0.671. The molecule has 1 N–H and O–H groups in total. The van der Waals surface area contributed by atoms with Crippen LogP contribution in [0.15, 0.2) is 0 Å². The fourth-order valence-electron chi connectivity index (χ4n) is 2.32. The second-order valence-electron chi connectivity index (χ2n) is 5.27. The van der Waals surface area contributed by atoms with Gasteiger partial charge in [0, 0.05) is 32.5 Å². The van der Waals surface area contributed by atoms with Crippen molar-refractivity contribution in [2.45, 2.75) is 39.5 Å². The molecule has 2 amide bonds. The van der Waals surface area contributed by atoms with Crippen LogP contribution >= 0.6 is 0 Å². The highest BCUT2D eigenvalue weighted by atomic mass is 16.5. The van der Waals surface area contributed by atoms with Crippen molar-refractivity contribution in [3.05, 3.63) is 0 Å². The smallest absolute Gasteiger partial charge is 0.224 e. The van der Waals surface area contributed by atoms with Crippen LogP contribution in [-0.2, 0) is 19.1 Å². The summed E-state index contributed by atoms with van der Waals surface area (Å²) in [4.78, 5) is 36.5. The molecule has 1 unspecified atom stereocenters. The number of nitrogens with one attached hydrogen (secondary N) is 1. The molecule has 21 heavy (non-hydrogen) atoms. The lowest BCUT2D eigenvalue weighted by Crippen LogP contribution is -2.45. The number of Topliss-reactive ketones (excluding diaryl/α,β-unsaturated/α-hetero) is 1. The van der Waals surface area contributed by atoms with Crippen molar-refractivity contribution < 1.29 is 19.1 Å². The third-order valence-electron chi connectivity index (χ3n) is 3.65. The van der Waals surface area contributed by atoms with E-state index in [1.165, 1.54) is 0 Å². The van der Waals surface area contributed by atoms with Gasteiger partial charge in [-0.25, -0.2) is 0 Å². The number of likely N-dealkylation sites (tertiary alicyclic amines) is 1. The Morgan fingerprint density at radius 3 is 2.67 bits per heavy atom. The van der Waals surface area contributed by atoms with Crippen LogP contribution in [0.1, 0.15) is 39.5 Å². The van der Waals surface area contributed by atoms with Gasteiger partial charge >= 0.3 is 0 Å². The minimum Gasteiger partial charge on any atom is -0.372 e. The summed E-state index contributed by atoms with van der Waals surface area (Å²) in [5, 5.41) is 2.81. The van der Waals surface area contributed by atoms with Crippen molar-refractivity contribution in [1.82, 2.24) is 10.2 Å². The molecule has 1 aliphatic heterocycles. The minimum atomic E-state index is -0.133. The van der Waals surface area contributed by atoms with Crippen molar-refractivity contribution in [2.75, 3.05) is 32.8 Å². The van der Waals surface area contributed by atoms with Gasteiger partial charge in [0.15, 0.2) is 5.78 Å². The van der Waals surface area contributed by atoms with Crippen LogP contribution in [0.3, 0.4) is 0 Å². The van der Waals surface area contributed by atoms with Crippen LogP contribution in [0.2, 0.25) is 0 Å². The van der Waals surface area contributed by atoms with Crippen molar-refractivity contribution in [3.8, 4) is 0 Å². The summed E-state index contributed by atoms with van der Waals surface area (Å²) in [6, 6.07) is 0. The number of rotatable bonds is 8. The number of ketones is 1. The Morgan fingerprint density at radius 2 is 2.00 bits per heavy atom. The molecule has 0 aliphatic carbocycles. The topological polar surface area (TPSA) is 75.7 Å². The number of nitrogens with zero attached hydrogens (tertiary/aromatic N) is 1.